The maximum atomic E-state index is 12.4. The molecule has 0 spiro atoms. The molecule has 0 saturated heterocycles. The van der Waals surface area contributed by atoms with Crippen LogP contribution in [0.25, 0.3) is 11.0 Å². The lowest BCUT2D eigenvalue weighted by Gasteiger charge is -2.10. The Bertz CT molecular complexity index is 931. The van der Waals surface area contributed by atoms with Gasteiger partial charge < -0.3 is 14.6 Å². The molecule has 0 bridgehead atoms. The molecule has 1 heterocycles. The number of hydrogen-bond donors (Lipinski definition) is 1. The average molecular weight is 408 g/mol. The van der Waals surface area contributed by atoms with Gasteiger partial charge in [-0.25, -0.2) is 4.98 Å². The number of aryl methyl sites for hydroxylation is 1. The molecule has 30 heavy (non-hydrogen) atoms. The van der Waals surface area contributed by atoms with Crippen LogP contribution in [0.15, 0.2) is 48.5 Å². The molecule has 2 aromatic carbocycles. The van der Waals surface area contributed by atoms with Crippen LogP contribution in [0.4, 0.5) is 0 Å². The fourth-order valence-corrected chi connectivity index (χ4v) is 3.75. The third kappa shape index (κ3) is 5.85. The summed E-state index contributed by atoms with van der Waals surface area (Å²) >= 11 is 0. The van der Waals surface area contributed by atoms with E-state index in [1.807, 2.05) is 6.07 Å². The van der Waals surface area contributed by atoms with Crippen LogP contribution in [-0.4, -0.2) is 29.1 Å². The van der Waals surface area contributed by atoms with E-state index in [4.69, 9.17) is 9.72 Å². The van der Waals surface area contributed by atoms with E-state index in [0.29, 0.717) is 18.5 Å². The molecule has 0 atom stereocenters. The number of fused-ring (bicyclic) bond motifs is 1. The number of ether oxygens (including phenoxy) is 1. The van der Waals surface area contributed by atoms with Gasteiger partial charge in [0.2, 0.25) is 0 Å². The standard InChI is InChI=1S/C25H33N3O2/c1-3-4-5-6-7-10-19-28-23-12-9-8-11-22(23)27-24(28)17-18-26-25(29)20-13-15-21(30-2)16-14-20/h8-9,11-16H,3-7,10,17-19H2,1-2H3,(H,26,29). The van der Waals surface area contributed by atoms with Gasteiger partial charge in [0.1, 0.15) is 11.6 Å². The molecule has 0 saturated carbocycles. The Morgan fingerprint density at radius 2 is 1.73 bits per heavy atom. The zero-order valence-corrected chi connectivity index (χ0v) is 18.2. The van der Waals surface area contributed by atoms with Crippen molar-refractivity contribution in [3.8, 4) is 5.75 Å². The average Bonchev–Trinajstić information content (AvgIpc) is 3.13. The number of nitrogens with zero attached hydrogens (tertiary/aromatic N) is 2. The van der Waals surface area contributed by atoms with E-state index in [1.165, 1.54) is 37.6 Å². The fraction of sp³-hybridized carbons (Fsp3) is 0.440. The lowest BCUT2D eigenvalue weighted by Crippen LogP contribution is -2.26. The summed E-state index contributed by atoms with van der Waals surface area (Å²) in [6.07, 6.45) is 8.35. The minimum Gasteiger partial charge on any atom is -0.497 e. The first-order valence-corrected chi connectivity index (χ1v) is 11.1. The summed E-state index contributed by atoms with van der Waals surface area (Å²) in [5.41, 5.74) is 2.85. The van der Waals surface area contributed by atoms with Crippen LogP contribution in [-0.2, 0) is 13.0 Å². The maximum absolute atomic E-state index is 12.4. The lowest BCUT2D eigenvalue weighted by molar-refractivity contribution is 0.0954. The zero-order valence-electron chi connectivity index (χ0n) is 18.2. The summed E-state index contributed by atoms with van der Waals surface area (Å²) in [6.45, 7) is 3.79. The number of para-hydroxylation sites is 2. The van der Waals surface area contributed by atoms with Crippen LogP contribution in [0, 0.1) is 0 Å². The molecule has 5 heteroatoms. The number of rotatable bonds is 12. The number of carbonyl (C=O) groups is 1. The predicted molar refractivity (Wildman–Crippen MR) is 122 cm³/mol. The van der Waals surface area contributed by atoms with Gasteiger partial charge >= 0.3 is 0 Å². The molecule has 0 aliphatic heterocycles. The first-order chi connectivity index (χ1) is 14.7. The predicted octanol–water partition coefficient (Wildman–Crippen LogP) is 5.38. The summed E-state index contributed by atoms with van der Waals surface area (Å²) in [4.78, 5) is 17.2. The largest absolute Gasteiger partial charge is 0.497 e. The first-order valence-electron chi connectivity index (χ1n) is 11.1. The number of aromatic nitrogens is 2. The Labute approximate surface area is 179 Å². The van der Waals surface area contributed by atoms with Crippen LogP contribution in [0.5, 0.6) is 5.75 Å². The highest BCUT2D eigenvalue weighted by atomic mass is 16.5. The van der Waals surface area contributed by atoms with Crippen LogP contribution >= 0.6 is 0 Å². The van der Waals surface area contributed by atoms with E-state index in [2.05, 4.69) is 35.0 Å². The lowest BCUT2D eigenvalue weighted by atomic mass is 10.1. The fourth-order valence-electron chi connectivity index (χ4n) is 3.75. The van der Waals surface area contributed by atoms with Crippen molar-refractivity contribution in [3.05, 3.63) is 59.9 Å². The van der Waals surface area contributed by atoms with Crippen molar-refractivity contribution >= 4 is 16.9 Å². The third-order valence-electron chi connectivity index (χ3n) is 5.46. The molecule has 0 fully saturated rings. The van der Waals surface area contributed by atoms with E-state index in [0.717, 1.165) is 30.1 Å². The van der Waals surface area contributed by atoms with Crippen molar-refractivity contribution in [3.63, 3.8) is 0 Å². The van der Waals surface area contributed by atoms with Crippen LogP contribution < -0.4 is 10.1 Å². The molecule has 0 aliphatic carbocycles. The second kappa shape index (κ2) is 11.4. The van der Waals surface area contributed by atoms with Gasteiger partial charge in [-0.1, -0.05) is 51.2 Å². The van der Waals surface area contributed by atoms with E-state index < -0.39 is 0 Å². The molecular weight excluding hydrogens is 374 g/mol. The van der Waals surface area contributed by atoms with Crippen LogP contribution in [0.2, 0.25) is 0 Å². The molecule has 3 rings (SSSR count). The highest BCUT2D eigenvalue weighted by Gasteiger charge is 2.11. The highest BCUT2D eigenvalue weighted by molar-refractivity contribution is 5.94. The number of unbranched alkanes of at least 4 members (excludes halogenated alkanes) is 5. The monoisotopic (exact) mass is 407 g/mol. The Hall–Kier alpha value is -2.82. The van der Waals surface area contributed by atoms with Crippen molar-refractivity contribution in [1.82, 2.24) is 14.9 Å². The normalized spacial score (nSPS) is 11.0. The van der Waals surface area contributed by atoms with Gasteiger partial charge in [-0.3, -0.25) is 4.79 Å². The molecule has 0 radical (unpaired) electrons. The number of carbonyl (C=O) groups excluding carboxylic acids is 1. The number of nitrogens with one attached hydrogen (secondary N) is 1. The Morgan fingerprint density at radius 3 is 2.50 bits per heavy atom. The quantitative estimate of drug-likeness (QED) is 0.410. The van der Waals surface area contributed by atoms with Crippen LogP contribution in [0.1, 0.15) is 61.6 Å². The molecule has 5 nitrogen and oxygen atoms in total. The zero-order chi connectivity index (χ0) is 21.2. The summed E-state index contributed by atoms with van der Waals surface area (Å²) in [7, 11) is 1.62. The third-order valence-corrected chi connectivity index (χ3v) is 5.46. The van der Waals surface area contributed by atoms with Crippen molar-refractivity contribution < 1.29 is 9.53 Å². The van der Waals surface area contributed by atoms with Gasteiger partial charge in [0.25, 0.3) is 5.91 Å². The number of hydrogen-bond acceptors (Lipinski definition) is 3. The van der Waals surface area contributed by atoms with Gasteiger partial charge in [-0.15, -0.1) is 0 Å². The van der Waals surface area contributed by atoms with Gasteiger partial charge in [-0.05, 0) is 42.8 Å². The number of amides is 1. The molecule has 0 unspecified atom stereocenters. The van der Waals surface area contributed by atoms with Gasteiger partial charge in [0.05, 0.1) is 18.1 Å². The number of imidazole rings is 1. The SMILES string of the molecule is CCCCCCCCn1c(CCNC(=O)c2ccc(OC)cc2)nc2ccccc21. The smallest absolute Gasteiger partial charge is 0.251 e. The summed E-state index contributed by atoms with van der Waals surface area (Å²) in [5.74, 6) is 1.71. The number of methoxy groups -OCH3 is 1. The van der Waals surface area contributed by atoms with Crippen molar-refractivity contribution in [1.29, 1.82) is 0 Å². The van der Waals surface area contributed by atoms with E-state index in [-0.39, 0.29) is 5.91 Å². The molecule has 0 aliphatic rings. The number of benzene rings is 2. The van der Waals surface area contributed by atoms with E-state index >= 15 is 0 Å². The topological polar surface area (TPSA) is 56.2 Å². The molecule has 1 amide bonds. The Morgan fingerprint density at radius 1 is 1.00 bits per heavy atom. The Kier molecular flexibility index (Phi) is 8.30. The van der Waals surface area contributed by atoms with Crippen molar-refractivity contribution in [2.75, 3.05) is 13.7 Å². The van der Waals surface area contributed by atoms with E-state index in [9.17, 15) is 4.79 Å². The first kappa shape index (κ1) is 21.9. The van der Waals surface area contributed by atoms with Crippen molar-refractivity contribution in [2.24, 2.45) is 0 Å². The van der Waals surface area contributed by atoms with Gasteiger partial charge in [-0.2, -0.15) is 0 Å². The summed E-state index contributed by atoms with van der Waals surface area (Å²) in [5, 5.41) is 3.01. The van der Waals surface area contributed by atoms with Gasteiger partial charge in [0, 0.05) is 25.1 Å². The summed E-state index contributed by atoms with van der Waals surface area (Å²) < 4.78 is 7.47. The molecule has 1 N–H and O–H groups in total. The minimum atomic E-state index is -0.0729. The van der Waals surface area contributed by atoms with Gasteiger partial charge in [0.15, 0.2) is 0 Å². The maximum Gasteiger partial charge on any atom is 0.251 e. The molecule has 1 aromatic heterocycles. The summed E-state index contributed by atoms with van der Waals surface area (Å²) in [6, 6.07) is 15.5. The second-order valence-electron chi connectivity index (χ2n) is 7.67. The minimum absolute atomic E-state index is 0.0729. The molecule has 160 valence electrons. The highest BCUT2D eigenvalue weighted by Crippen LogP contribution is 2.18. The Balaban J connectivity index is 1.58. The van der Waals surface area contributed by atoms with Crippen molar-refractivity contribution in [2.45, 2.75) is 58.4 Å². The van der Waals surface area contributed by atoms with Crippen LogP contribution in [0.3, 0.4) is 0 Å². The second-order valence-corrected chi connectivity index (χ2v) is 7.67. The van der Waals surface area contributed by atoms with E-state index in [1.54, 1.807) is 31.4 Å². The molecule has 3 aromatic rings. The molecular formula is C25H33N3O2.